The Labute approximate surface area is 71.7 Å². The van der Waals surface area contributed by atoms with Gasteiger partial charge in [-0.2, -0.15) is 0 Å². The van der Waals surface area contributed by atoms with Crippen LogP contribution in [0.3, 0.4) is 0 Å². The van der Waals surface area contributed by atoms with Gasteiger partial charge in [0.25, 0.3) is 0 Å². The Bertz CT molecular complexity index is 300. The van der Waals surface area contributed by atoms with Crippen LogP contribution in [0.15, 0.2) is 29.4 Å². The second-order valence-electron chi connectivity index (χ2n) is 2.56. The van der Waals surface area contributed by atoms with Gasteiger partial charge >= 0.3 is 0 Å². The van der Waals surface area contributed by atoms with E-state index in [0.717, 1.165) is 12.0 Å². The second-order valence-corrected chi connectivity index (χ2v) is 2.56. The van der Waals surface area contributed by atoms with Gasteiger partial charge in [-0.25, -0.2) is 0 Å². The Hall–Kier alpha value is -1.47. The van der Waals surface area contributed by atoms with Crippen LogP contribution in [0.1, 0.15) is 18.1 Å². The molecule has 0 saturated carbocycles. The van der Waals surface area contributed by atoms with Gasteiger partial charge in [-0.1, -0.05) is 36.3 Å². The number of hydrogen-bond donors (Lipinski definition) is 0. The average Bonchev–Trinajstić information content (AvgIpc) is 2.15. The van der Waals surface area contributed by atoms with Crippen molar-refractivity contribution in [3.8, 4) is 0 Å². The Kier molecular flexibility index (Phi) is 3.17. The summed E-state index contributed by atoms with van der Waals surface area (Å²) in [5.41, 5.74) is 10.5. The molecule has 3 nitrogen and oxygen atoms in total. The third kappa shape index (κ3) is 2.29. The highest BCUT2D eigenvalue weighted by Crippen LogP contribution is 2.06. The van der Waals surface area contributed by atoms with Crippen LogP contribution in [-0.4, -0.2) is 0 Å². The van der Waals surface area contributed by atoms with E-state index >= 15 is 0 Å². The molecule has 0 radical (unpaired) electrons. The van der Waals surface area contributed by atoms with Gasteiger partial charge < -0.3 is 0 Å². The van der Waals surface area contributed by atoms with Gasteiger partial charge in [-0.3, -0.25) is 0 Å². The number of hydrogen-bond acceptors (Lipinski definition) is 1. The summed E-state index contributed by atoms with van der Waals surface area (Å²) in [6.45, 7) is 2.55. The van der Waals surface area contributed by atoms with Gasteiger partial charge in [0.05, 0.1) is 6.54 Å². The summed E-state index contributed by atoms with van der Waals surface area (Å²) in [6.07, 6.45) is 1.02. The summed E-state index contributed by atoms with van der Waals surface area (Å²) in [7, 11) is 0. The second kappa shape index (κ2) is 4.42. The first kappa shape index (κ1) is 8.62. The Morgan fingerprint density at radius 3 is 2.83 bits per heavy atom. The highest BCUT2D eigenvalue weighted by molar-refractivity contribution is 5.23. The van der Waals surface area contributed by atoms with Gasteiger partial charge in [0.2, 0.25) is 0 Å². The van der Waals surface area contributed by atoms with Gasteiger partial charge in [0, 0.05) is 4.91 Å². The molecule has 0 saturated heterocycles. The van der Waals surface area contributed by atoms with Crippen LogP contribution in [0.25, 0.3) is 10.4 Å². The van der Waals surface area contributed by atoms with Crippen molar-refractivity contribution in [2.24, 2.45) is 5.11 Å². The summed E-state index contributed by atoms with van der Waals surface area (Å²) in [6, 6.07) is 8.09. The largest absolute Gasteiger partial charge is 0.0893 e. The van der Waals surface area contributed by atoms with Crippen molar-refractivity contribution >= 4 is 0 Å². The number of azide groups is 1. The molecule has 62 valence electrons. The van der Waals surface area contributed by atoms with Crippen molar-refractivity contribution in [2.45, 2.75) is 19.9 Å². The smallest absolute Gasteiger partial charge is 0.0510 e. The Morgan fingerprint density at radius 2 is 2.17 bits per heavy atom. The monoisotopic (exact) mass is 161 g/mol. The number of aryl methyl sites for hydroxylation is 1. The molecule has 12 heavy (non-hydrogen) atoms. The van der Waals surface area contributed by atoms with E-state index in [4.69, 9.17) is 5.53 Å². The van der Waals surface area contributed by atoms with Crippen LogP contribution in [-0.2, 0) is 13.0 Å². The zero-order valence-electron chi connectivity index (χ0n) is 7.07. The van der Waals surface area contributed by atoms with E-state index in [9.17, 15) is 0 Å². The van der Waals surface area contributed by atoms with Crippen molar-refractivity contribution in [3.05, 3.63) is 45.8 Å². The van der Waals surface area contributed by atoms with E-state index in [1.165, 1.54) is 5.56 Å². The molecule has 0 atom stereocenters. The fourth-order valence-electron chi connectivity index (χ4n) is 1.06. The van der Waals surface area contributed by atoms with E-state index in [-0.39, 0.29) is 0 Å². The minimum absolute atomic E-state index is 0.449. The fraction of sp³-hybridized carbons (Fsp3) is 0.333. The molecule has 0 bridgehead atoms. The first-order valence-corrected chi connectivity index (χ1v) is 3.95. The maximum atomic E-state index is 8.11. The van der Waals surface area contributed by atoms with Gasteiger partial charge in [-0.15, -0.1) is 0 Å². The zero-order chi connectivity index (χ0) is 8.81. The first-order valence-electron chi connectivity index (χ1n) is 3.95. The number of benzene rings is 1. The van der Waals surface area contributed by atoms with Crippen molar-refractivity contribution in [3.63, 3.8) is 0 Å². The maximum absolute atomic E-state index is 8.11. The van der Waals surface area contributed by atoms with Crippen LogP contribution in [0.2, 0.25) is 0 Å². The van der Waals surface area contributed by atoms with Crippen LogP contribution in [0.4, 0.5) is 0 Å². The van der Waals surface area contributed by atoms with Crippen LogP contribution >= 0.6 is 0 Å². The lowest BCUT2D eigenvalue weighted by Crippen LogP contribution is -1.84. The van der Waals surface area contributed by atoms with E-state index in [0.29, 0.717) is 6.54 Å². The Morgan fingerprint density at radius 1 is 1.42 bits per heavy atom. The van der Waals surface area contributed by atoms with E-state index in [2.05, 4.69) is 29.1 Å². The topological polar surface area (TPSA) is 48.8 Å². The van der Waals surface area contributed by atoms with E-state index < -0.39 is 0 Å². The minimum atomic E-state index is 0.449. The molecule has 0 spiro atoms. The summed E-state index contributed by atoms with van der Waals surface area (Å²) >= 11 is 0. The molecule has 0 fully saturated rings. The molecule has 1 aromatic rings. The third-order valence-corrected chi connectivity index (χ3v) is 1.72. The minimum Gasteiger partial charge on any atom is -0.0893 e. The summed E-state index contributed by atoms with van der Waals surface area (Å²) in [5, 5.41) is 3.50. The summed E-state index contributed by atoms with van der Waals surface area (Å²) in [4.78, 5) is 2.71. The molecule has 1 aromatic carbocycles. The third-order valence-electron chi connectivity index (χ3n) is 1.72. The molecule has 0 unspecified atom stereocenters. The quantitative estimate of drug-likeness (QED) is 0.371. The van der Waals surface area contributed by atoms with Crippen molar-refractivity contribution in [1.82, 2.24) is 0 Å². The molecule has 0 heterocycles. The standard InChI is InChI=1S/C9H11N3/c1-2-8-4-3-5-9(6-8)7-11-12-10/h3-6H,2,7H2,1H3. The van der Waals surface area contributed by atoms with Gasteiger partial charge in [0.1, 0.15) is 0 Å². The molecular formula is C9H11N3. The van der Waals surface area contributed by atoms with Crippen LogP contribution in [0.5, 0.6) is 0 Å². The molecule has 0 amide bonds. The predicted octanol–water partition coefficient (Wildman–Crippen LogP) is 3.06. The molecule has 0 aliphatic heterocycles. The highest BCUT2D eigenvalue weighted by atomic mass is 15.1. The molecule has 0 aromatic heterocycles. The molecule has 1 rings (SSSR count). The number of nitrogens with zero attached hydrogens (tertiary/aromatic N) is 3. The Balaban J connectivity index is 2.78. The normalized spacial score (nSPS) is 9.08. The first-order chi connectivity index (χ1) is 5.86. The molecular weight excluding hydrogens is 150 g/mol. The summed E-state index contributed by atoms with van der Waals surface area (Å²) < 4.78 is 0. The lowest BCUT2D eigenvalue weighted by molar-refractivity contribution is 1.03. The lowest BCUT2D eigenvalue weighted by Gasteiger charge is -1.98. The van der Waals surface area contributed by atoms with Crippen LogP contribution < -0.4 is 0 Å². The van der Waals surface area contributed by atoms with Crippen molar-refractivity contribution in [2.75, 3.05) is 0 Å². The fourth-order valence-corrected chi connectivity index (χ4v) is 1.06. The van der Waals surface area contributed by atoms with Crippen molar-refractivity contribution < 1.29 is 0 Å². The van der Waals surface area contributed by atoms with Crippen LogP contribution in [0, 0.1) is 0 Å². The predicted molar refractivity (Wildman–Crippen MR) is 48.7 cm³/mol. The van der Waals surface area contributed by atoms with Crippen molar-refractivity contribution in [1.29, 1.82) is 0 Å². The molecule has 0 aliphatic carbocycles. The highest BCUT2D eigenvalue weighted by Gasteiger charge is 1.91. The maximum Gasteiger partial charge on any atom is 0.0510 e. The molecule has 0 aliphatic rings. The molecule has 3 heteroatoms. The SMILES string of the molecule is CCc1cccc(CN=[N+]=[N-])c1. The lowest BCUT2D eigenvalue weighted by atomic mass is 10.1. The molecule has 0 N–H and O–H groups in total. The van der Waals surface area contributed by atoms with Gasteiger partial charge in [-0.05, 0) is 23.1 Å². The summed E-state index contributed by atoms with van der Waals surface area (Å²) in [5.74, 6) is 0. The zero-order valence-corrected chi connectivity index (χ0v) is 7.07. The number of rotatable bonds is 3. The van der Waals surface area contributed by atoms with Gasteiger partial charge in [0.15, 0.2) is 0 Å². The van der Waals surface area contributed by atoms with E-state index in [1.807, 2.05) is 12.1 Å². The van der Waals surface area contributed by atoms with E-state index in [1.54, 1.807) is 0 Å². The average molecular weight is 161 g/mol.